The molecule has 0 bridgehead atoms. The summed E-state index contributed by atoms with van der Waals surface area (Å²) in [5, 5.41) is 0.345. The molecule has 0 spiro atoms. The van der Waals surface area contributed by atoms with E-state index in [1.807, 2.05) is 29.8 Å². The number of benzene rings is 2. The molecule has 0 atom stereocenters. The van der Waals surface area contributed by atoms with Gasteiger partial charge in [-0.25, -0.2) is 9.37 Å². The molecule has 0 aliphatic rings. The highest BCUT2D eigenvalue weighted by Crippen LogP contribution is 2.30. The van der Waals surface area contributed by atoms with Crippen molar-refractivity contribution in [2.24, 2.45) is 12.8 Å². The van der Waals surface area contributed by atoms with Gasteiger partial charge >= 0.3 is 0 Å². The van der Waals surface area contributed by atoms with E-state index in [1.165, 1.54) is 12.1 Å². The molecule has 3 aromatic rings. The molecule has 0 saturated carbocycles. The van der Waals surface area contributed by atoms with E-state index in [9.17, 15) is 4.39 Å². The zero-order valence-electron chi connectivity index (χ0n) is 10.9. The fraction of sp³-hybridized carbons (Fsp3) is 0.133. The SMILES string of the molecule is Cn1c(-c2ccc(F)cc2Cl)nc2c(CN)cccc21. The van der Waals surface area contributed by atoms with Gasteiger partial charge in [-0.15, -0.1) is 0 Å². The lowest BCUT2D eigenvalue weighted by atomic mass is 10.2. The molecule has 0 saturated heterocycles. The maximum atomic E-state index is 13.2. The Kier molecular flexibility index (Phi) is 3.20. The Morgan fingerprint density at radius 3 is 2.80 bits per heavy atom. The number of para-hydroxylation sites is 1. The van der Waals surface area contributed by atoms with E-state index in [-0.39, 0.29) is 5.82 Å². The minimum absolute atomic E-state index is 0.345. The van der Waals surface area contributed by atoms with Gasteiger partial charge in [-0.05, 0) is 29.8 Å². The summed E-state index contributed by atoms with van der Waals surface area (Å²) < 4.78 is 15.1. The number of hydrogen-bond donors (Lipinski definition) is 1. The van der Waals surface area contributed by atoms with Gasteiger partial charge < -0.3 is 10.3 Å². The number of nitrogens with zero attached hydrogens (tertiary/aromatic N) is 2. The Hall–Kier alpha value is -1.91. The van der Waals surface area contributed by atoms with Crippen molar-refractivity contribution in [3.05, 3.63) is 52.8 Å². The normalized spacial score (nSPS) is 11.2. The highest BCUT2D eigenvalue weighted by molar-refractivity contribution is 6.33. The zero-order valence-corrected chi connectivity index (χ0v) is 11.7. The van der Waals surface area contributed by atoms with E-state index < -0.39 is 0 Å². The van der Waals surface area contributed by atoms with E-state index in [1.54, 1.807) is 6.07 Å². The molecular weight excluding hydrogens is 277 g/mol. The number of aryl methyl sites for hydroxylation is 1. The molecule has 3 nitrogen and oxygen atoms in total. The van der Waals surface area contributed by atoms with Gasteiger partial charge in [0.1, 0.15) is 11.6 Å². The molecule has 3 rings (SSSR count). The van der Waals surface area contributed by atoms with Crippen LogP contribution in [0.4, 0.5) is 4.39 Å². The summed E-state index contributed by atoms with van der Waals surface area (Å²) in [5.41, 5.74) is 9.25. The second-order valence-corrected chi connectivity index (χ2v) is 5.01. The first kappa shape index (κ1) is 13.1. The zero-order chi connectivity index (χ0) is 14.3. The van der Waals surface area contributed by atoms with Gasteiger partial charge in [-0.3, -0.25) is 0 Å². The van der Waals surface area contributed by atoms with Crippen LogP contribution in [-0.4, -0.2) is 9.55 Å². The standard InChI is InChI=1S/C15H13ClFN3/c1-20-13-4-2-3-9(8-18)14(13)19-15(20)11-6-5-10(17)7-12(11)16/h2-7H,8,18H2,1H3. The van der Waals surface area contributed by atoms with Crippen molar-refractivity contribution in [3.63, 3.8) is 0 Å². The van der Waals surface area contributed by atoms with Crippen LogP contribution in [0.25, 0.3) is 22.4 Å². The highest BCUT2D eigenvalue weighted by atomic mass is 35.5. The van der Waals surface area contributed by atoms with E-state index in [0.29, 0.717) is 23.0 Å². The van der Waals surface area contributed by atoms with Crippen LogP contribution in [-0.2, 0) is 13.6 Å². The van der Waals surface area contributed by atoms with Gasteiger partial charge in [0.25, 0.3) is 0 Å². The van der Waals surface area contributed by atoms with Crippen LogP contribution in [0.2, 0.25) is 5.02 Å². The molecule has 1 aromatic heterocycles. The van der Waals surface area contributed by atoms with Gasteiger partial charge in [-0.1, -0.05) is 23.7 Å². The van der Waals surface area contributed by atoms with E-state index >= 15 is 0 Å². The van der Waals surface area contributed by atoms with Crippen molar-refractivity contribution in [2.45, 2.75) is 6.54 Å². The van der Waals surface area contributed by atoms with Gasteiger partial charge in [0.2, 0.25) is 0 Å². The Morgan fingerprint density at radius 2 is 2.10 bits per heavy atom. The van der Waals surface area contributed by atoms with Gasteiger partial charge in [-0.2, -0.15) is 0 Å². The summed E-state index contributed by atoms with van der Waals surface area (Å²) in [6.45, 7) is 0.422. The molecule has 1 heterocycles. The van der Waals surface area contributed by atoms with Crippen LogP contribution in [0.5, 0.6) is 0 Å². The average molecular weight is 290 g/mol. The smallest absolute Gasteiger partial charge is 0.142 e. The molecule has 20 heavy (non-hydrogen) atoms. The first-order chi connectivity index (χ1) is 9.61. The summed E-state index contributed by atoms with van der Waals surface area (Å²) in [5.74, 6) is 0.339. The first-order valence-electron chi connectivity index (χ1n) is 6.21. The van der Waals surface area contributed by atoms with Crippen molar-refractivity contribution < 1.29 is 4.39 Å². The number of rotatable bonds is 2. The Morgan fingerprint density at radius 1 is 1.30 bits per heavy atom. The van der Waals surface area contributed by atoms with Crippen molar-refractivity contribution in [3.8, 4) is 11.4 Å². The monoisotopic (exact) mass is 289 g/mol. The molecule has 0 amide bonds. The van der Waals surface area contributed by atoms with Crippen LogP contribution in [0.1, 0.15) is 5.56 Å². The molecule has 0 aliphatic heterocycles. The molecule has 0 radical (unpaired) electrons. The van der Waals surface area contributed by atoms with Crippen molar-refractivity contribution in [1.29, 1.82) is 0 Å². The number of nitrogens with two attached hydrogens (primary N) is 1. The maximum Gasteiger partial charge on any atom is 0.142 e. The minimum atomic E-state index is -0.361. The Bertz CT molecular complexity index is 795. The lowest BCUT2D eigenvalue weighted by Crippen LogP contribution is -1.97. The van der Waals surface area contributed by atoms with E-state index in [0.717, 1.165) is 16.6 Å². The van der Waals surface area contributed by atoms with Crippen LogP contribution >= 0.6 is 11.6 Å². The minimum Gasteiger partial charge on any atom is -0.327 e. The van der Waals surface area contributed by atoms with Crippen LogP contribution in [0, 0.1) is 5.82 Å². The summed E-state index contributed by atoms with van der Waals surface area (Å²) >= 11 is 6.12. The van der Waals surface area contributed by atoms with Crippen LogP contribution in [0.15, 0.2) is 36.4 Å². The lowest BCUT2D eigenvalue weighted by molar-refractivity contribution is 0.628. The molecule has 0 fully saturated rings. The second kappa shape index (κ2) is 4.89. The predicted molar refractivity (Wildman–Crippen MR) is 79.0 cm³/mol. The number of aromatic nitrogens is 2. The Labute approximate surface area is 120 Å². The van der Waals surface area contributed by atoms with Crippen molar-refractivity contribution in [1.82, 2.24) is 9.55 Å². The van der Waals surface area contributed by atoms with E-state index in [2.05, 4.69) is 4.98 Å². The molecular formula is C15H13ClFN3. The molecule has 0 aliphatic carbocycles. The van der Waals surface area contributed by atoms with Crippen LogP contribution in [0.3, 0.4) is 0 Å². The van der Waals surface area contributed by atoms with Crippen LogP contribution < -0.4 is 5.73 Å². The highest BCUT2D eigenvalue weighted by Gasteiger charge is 2.14. The summed E-state index contributed by atoms with van der Waals surface area (Å²) in [4.78, 5) is 4.62. The second-order valence-electron chi connectivity index (χ2n) is 4.61. The van der Waals surface area contributed by atoms with Gasteiger partial charge in [0, 0.05) is 19.2 Å². The molecule has 2 aromatic carbocycles. The average Bonchev–Trinajstić information content (AvgIpc) is 2.76. The summed E-state index contributed by atoms with van der Waals surface area (Å²) in [6, 6.07) is 10.2. The Balaban J connectivity index is 2.29. The molecule has 0 unspecified atom stereocenters. The van der Waals surface area contributed by atoms with E-state index in [4.69, 9.17) is 17.3 Å². The number of fused-ring (bicyclic) bond motifs is 1. The lowest BCUT2D eigenvalue weighted by Gasteiger charge is -2.04. The van der Waals surface area contributed by atoms with Gasteiger partial charge in [0.15, 0.2) is 0 Å². The van der Waals surface area contributed by atoms with Crippen molar-refractivity contribution in [2.75, 3.05) is 0 Å². The number of halogens is 2. The fourth-order valence-electron chi connectivity index (χ4n) is 2.35. The first-order valence-corrected chi connectivity index (χ1v) is 6.59. The summed E-state index contributed by atoms with van der Waals surface area (Å²) in [6.07, 6.45) is 0. The largest absolute Gasteiger partial charge is 0.327 e. The molecule has 2 N–H and O–H groups in total. The molecule has 102 valence electrons. The predicted octanol–water partition coefficient (Wildman–Crippen LogP) is 3.49. The molecule has 5 heteroatoms. The quantitative estimate of drug-likeness (QED) is 0.785. The third-order valence-corrected chi connectivity index (χ3v) is 3.70. The fourth-order valence-corrected chi connectivity index (χ4v) is 2.60. The number of hydrogen-bond acceptors (Lipinski definition) is 2. The van der Waals surface area contributed by atoms with Crippen molar-refractivity contribution >= 4 is 22.6 Å². The number of imidazole rings is 1. The maximum absolute atomic E-state index is 13.2. The summed E-state index contributed by atoms with van der Waals surface area (Å²) in [7, 11) is 1.91. The third-order valence-electron chi connectivity index (χ3n) is 3.39. The third kappa shape index (κ3) is 1.97. The van der Waals surface area contributed by atoms with Gasteiger partial charge in [0.05, 0.1) is 16.1 Å². The topological polar surface area (TPSA) is 43.8 Å².